The average molecular weight is 410 g/mol. The second-order valence-electron chi connectivity index (χ2n) is 7.11. The van der Waals surface area contributed by atoms with Gasteiger partial charge in [0.05, 0.1) is 25.4 Å². The standard InChI is InChI=1S/C22H26N4O4/c1-3-11-26(15-21-24-25-22(30-21)19-10-7-12-29-19)14-20(28)23-18(16(2)27)13-17-8-5-4-6-9-17/h4-10,12,18H,3,11,13-15H2,1-2H3,(H,23,28)/t18-/m0/s1. The summed E-state index contributed by atoms with van der Waals surface area (Å²) in [6.07, 6.45) is 2.85. The summed E-state index contributed by atoms with van der Waals surface area (Å²) in [5.41, 5.74) is 1.000. The number of ketones is 1. The normalized spacial score (nSPS) is 12.1. The molecule has 30 heavy (non-hydrogen) atoms. The van der Waals surface area contributed by atoms with Crippen molar-refractivity contribution >= 4 is 11.7 Å². The summed E-state index contributed by atoms with van der Waals surface area (Å²) in [4.78, 5) is 26.6. The number of rotatable bonds is 11. The van der Waals surface area contributed by atoms with Crippen LogP contribution in [0, 0.1) is 0 Å². The van der Waals surface area contributed by atoms with Gasteiger partial charge in [-0.2, -0.15) is 0 Å². The first-order valence-corrected chi connectivity index (χ1v) is 9.97. The Kier molecular flexibility index (Phi) is 7.51. The van der Waals surface area contributed by atoms with Crippen molar-refractivity contribution in [2.45, 2.75) is 39.3 Å². The van der Waals surface area contributed by atoms with Gasteiger partial charge in [0.1, 0.15) is 0 Å². The summed E-state index contributed by atoms with van der Waals surface area (Å²) < 4.78 is 10.9. The zero-order valence-electron chi connectivity index (χ0n) is 17.2. The lowest BCUT2D eigenvalue weighted by Gasteiger charge is -2.21. The molecule has 2 heterocycles. The number of benzene rings is 1. The van der Waals surface area contributed by atoms with Crippen LogP contribution >= 0.6 is 0 Å². The maximum absolute atomic E-state index is 12.6. The SMILES string of the molecule is CCCN(CC(=O)N[C@@H](Cc1ccccc1)C(C)=O)Cc1nnc(-c2ccco2)o1. The molecule has 1 amide bonds. The largest absolute Gasteiger partial charge is 0.459 e. The number of hydrogen-bond donors (Lipinski definition) is 1. The van der Waals surface area contributed by atoms with Crippen molar-refractivity contribution in [2.24, 2.45) is 0 Å². The van der Waals surface area contributed by atoms with E-state index in [4.69, 9.17) is 8.83 Å². The fraction of sp³-hybridized carbons (Fsp3) is 0.364. The highest BCUT2D eigenvalue weighted by Crippen LogP contribution is 2.18. The molecule has 0 fully saturated rings. The minimum absolute atomic E-state index is 0.0748. The molecule has 0 spiro atoms. The molecule has 1 aromatic carbocycles. The van der Waals surface area contributed by atoms with Crippen LogP contribution in [0.1, 0.15) is 31.7 Å². The van der Waals surface area contributed by atoms with Gasteiger partial charge < -0.3 is 14.2 Å². The van der Waals surface area contributed by atoms with E-state index in [1.807, 2.05) is 42.2 Å². The fourth-order valence-electron chi connectivity index (χ4n) is 3.13. The Morgan fingerprint density at radius 2 is 1.93 bits per heavy atom. The van der Waals surface area contributed by atoms with Gasteiger partial charge in [0.25, 0.3) is 5.89 Å². The molecule has 2 aromatic heterocycles. The topological polar surface area (TPSA) is 101 Å². The van der Waals surface area contributed by atoms with Crippen LogP contribution in [-0.2, 0) is 22.6 Å². The van der Waals surface area contributed by atoms with Gasteiger partial charge in [-0.3, -0.25) is 14.5 Å². The van der Waals surface area contributed by atoms with E-state index < -0.39 is 6.04 Å². The first-order valence-electron chi connectivity index (χ1n) is 9.97. The quantitative estimate of drug-likeness (QED) is 0.519. The number of amides is 1. The molecule has 8 nitrogen and oxygen atoms in total. The molecule has 0 aliphatic carbocycles. The predicted molar refractivity (Wildman–Crippen MR) is 110 cm³/mol. The lowest BCUT2D eigenvalue weighted by Crippen LogP contribution is -2.46. The Labute approximate surface area is 175 Å². The molecule has 0 unspecified atom stereocenters. The Hall–Kier alpha value is -3.26. The average Bonchev–Trinajstić information content (AvgIpc) is 3.40. The zero-order chi connectivity index (χ0) is 21.3. The molecule has 3 rings (SSSR count). The lowest BCUT2D eigenvalue weighted by atomic mass is 10.0. The minimum atomic E-state index is -0.558. The molecule has 0 saturated carbocycles. The number of Topliss-reactive ketones (excluding diaryl/α,β-unsaturated/α-hetero) is 1. The van der Waals surface area contributed by atoms with Gasteiger partial charge >= 0.3 is 0 Å². The van der Waals surface area contributed by atoms with Gasteiger partial charge in [-0.15, -0.1) is 10.2 Å². The second-order valence-corrected chi connectivity index (χ2v) is 7.11. The first kappa shape index (κ1) is 21.4. The van der Waals surface area contributed by atoms with Crippen molar-refractivity contribution < 1.29 is 18.4 Å². The van der Waals surface area contributed by atoms with Crippen LogP contribution in [-0.4, -0.2) is 45.9 Å². The van der Waals surface area contributed by atoms with Crippen LogP contribution in [0.5, 0.6) is 0 Å². The summed E-state index contributed by atoms with van der Waals surface area (Å²) in [5, 5.41) is 10.9. The van der Waals surface area contributed by atoms with Crippen molar-refractivity contribution in [3.8, 4) is 11.7 Å². The third kappa shape index (κ3) is 6.12. The van der Waals surface area contributed by atoms with Gasteiger partial charge in [0, 0.05) is 0 Å². The number of hydrogen-bond acceptors (Lipinski definition) is 7. The van der Waals surface area contributed by atoms with E-state index in [9.17, 15) is 9.59 Å². The third-order valence-electron chi connectivity index (χ3n) is 4.57. The smallest absolute Gasteiger partial charge is 0.283 e. The van der Waals surface area contributed by atoms with Crippen LogP contribution < -0.4 is 5.32 Å². The number of furan rings is 1. The highest BCUT2D eigenvalue weighted by atomic mass is 16.4. The summed E-state index contributed by atoms with van der Waals surface area (Å²) >= 11 is 0. The van der Waals surface area contributed by atoms with Crippen molar-refractivity contribution in [2.75, 3.05) is 13.1 Å². The predicted octanol–water partition coefficient (Wildman–Crippen LogP) is 2.86. The van der Waals surface area contributed by atoms with E-state index in [2.05, 4.69) is 15.5 Å². The Bertz CT molecular complexity index is 937. The summed E-state index contributed by atoms with van der Waals surface area (Å²) in [6, 6.07) is 12.6. The molecule has 0 aliphatic heterocycles. The fourth-order valence-corrected chi connectivity index (χ4v) is 3.13. The molecule has 0 saturated heterocycles. The maximum atomic E-state index is 12.6. The van der Waals surface area contributed by atoms with Crippen molar-refractivity contribution in [1.82, 2.24) is 20.4 Å². The van der Waals surface area contributed by atoms with Crippen molar-refractivity contribution in [1.29, 1.82) is 0 Å². The number of nitrogens with one attached hydrogen (secondary N) is 1. The van der Waals surface area contributed by atoms with Crippen molar-refractivity contribution in [3.63, 3.8) is 0 Å². The molecule has 0 aliphatic rings. The van der Waals surface area contributed by atoms with Crippen molar-refractivity contribution in [3.05, 3.63) is 60.2 Å². The maximum Gasteiger partial charge on any atom is 0.283 e. The number of carbonyl (C=O) groups is 2. The van der Waals surface area contributed by atoms with Gasteiger partial charge in [-0.05, 0) is 44.0 Å². The Balaban J connectivity index is 1.59. The van der Waals surface area contributed by atoms with E-state index in [0.717, 1.165) is 12.0 Å². The van der Waals surface area contributed by atoms with Crippen LogP contribution in [0.25, 0.3) is 11.7 Å². The molecule has 8 heteroatoms. The van der Waals surface area contributed by atoms with Crippen LogP contribution in [0.2, 0.25) is 0 Å². The van der Waals surface area contributed by atoms with Crippen LogP contribution in [0.3, 0.4) is 0 Å². The van der Waals surface area contributed by atoms with E-state index in [-0.39, 0.29) is 18.2 Å². The van der Waals surface area contributed by atoms with Crippen LogP contribution in [0.15, 0.2) is 57.6 Å². The summed E-state index contributed by atoms with van der Waals surface area (Å²) in [5.74, 6) is 0.906. The van der Waals surface area contributed by atoms with E-state index in [1.54, 1.807) is 12.1 Å². The summed E-state index contributed by atoms with van der Waals surface area (Å²) in [7, 11) is 0. The lowest BCUT2D eigenvalue weighted by molar-refractivity contribution is -0.127. The van der Waals surface area contributed by atoms with E-state index in [1.165, 1.54) is 13.2 Å². The highest BCUT2D eigenvalue weighted by molar-refractivity contribution is 5.88. The number of nitrogens with zero attached hydrogens (tertiary/aromatic N) is 3. The first-order chi connectivity index (χ1) is 14.5. The molecular weight excluding hydrogens is 384 g/mol. The monoisotopic (exact) mass is 410 g/mol. The Morgan fingerprint density at radius 1 is 1.13 bits per heavy atom. The molecule has 1 atom stereocenters. The van der Waals surface area contributed by atoms with Gasteiger partial charge in [-0.25, -0.2) is 0 Å². The third-order valence-corrected chi connectivity index (χ3v) is 4.57. The van der Waals surface area contributed by atoms with E-state index in [0.29, 0.717) is 37.1 Å². The molecule has 1 N–H and O–H groups in total. The highest BCUT2D eigenvalue weighted by Gasteiger charge is 2.21. The molecule has 3 aromatic rings. The minimum Gasteiger partial charge on any atom is -0.459 e. The summed E-state index contributed by atoms with van der Waals surface area (Å²) in [6.45, 7) is 4.66. The van der Waals surface area contributed by atoms with E-state index >= 15 is 0 Å². The second kappa shape index (κ2) is 10.5. The van der Waals surface area contributed by atoms with Gasteiger partial charge in [0.15, 0.2) is 11.5 Å². The molecular formula is C22H26N4O4. The number of aromatic nitrogens is 2. The molecule has 158 valence electrons. The van der Waals surface area contributed by atoms with Gasteiger partial charge in [0.2, 0.25) is 11.8 Å². The van der Waals surface area contributed by atoms with Gasteiger partial charge in [-0.1, -0.05) is 37.3 Å². The molecule has 0 radical (unpaired) electrons. The Morgan fingerprint density at radius 3 is 2.60 bits per heavy atom. The molecule has 0 bridgehead atoms. The van der Waals surface area contributed by atoms with Crippen LogP contribution in [0.4, 0.5) is 0 Å². The zero-order valence-corrected chi connectivity index (χ0v) is 17.2. The number of carbonyl (C=O) groups excluding carboxylic acids is 2.